The SMILES string of the molecule is CCCCCCNCc1ccc(OCc2ccc(Cl)nc2)c(OC)c1.Cl. The molecule has 0 unspecified atom stereocenters. The van der Waals surface area contributed by atoms with E-state index in [4.69, 9.17) is 21.1 Å². The summed E-state index contributed by atoms with van der Waals surface area (Å²) in [6.45, 7) is 4.54. The van der Waals surface area contributed by atoms with Crippen LogP contribution in [0.3, 0.4) is 0 Å². The molecule has 1 heterocycles. The lowest BCUT2D eigenvalue weighted by Crippen LogP contribution is -2.14. The topological polar surface area (TPSA) is 43.4 Å². The van der Waals surface area contributed by atoms with Gasteiger partial charge in [0, 0.05) is 18.3 Å². The molecule has 0 fully saturated rings. The van der Waals surface area contributed by atoms with Crippen molar-refractivity contribution in [2.45, 2.75) is 45.8 Å². The minimum absolute atomic E-state index is 0. The molecular weight excluding hydrogens is 371 g/mol. The Bertz CT molecular complexity index is 636. The summed E-state index contributed by atoms with van der Waals surface area (Å²) < 4.78 is 11.3. The van der Waals surface area contributed by atoms with Crippen LogP contribution in [-0.2, 0) is 13.2 Å². The standard InChI is InChI=1S/C20H27ClN2O2.ClH/c1-3-4-5-6-11-22-13-16-7-9-18(19(12-16)24-2)25-15-17-8-10-20(21)23-14-17;/h7-10,12,14,22H,3-6,11,13,15H2,1-2H3;1H. The summed E-state index contributed by atoms with van der Waals surface area (Å²) in [7, 11) is 1.66. The molecule has 2 rings (SSSR count). The van der Waals surface area contributed by atoms with Gasteiger partial charge >= 0.3 is 0 Å². The number of hydrogen-bond donors (Lipinski definition) is 1. The molecular formula is C20H28Cl2N2O2. The number of halogens is 2. The van der Waals surface area contributed by atoms with Gasteiger partial charge in [-0.1, -0.05) is 49.9 Å². The molecule has 6 heteroatoms. The Balaban J connectivity index is 0.00000338. The number of ether oxygens (including phenoxy) is 2. The lowest BCUT2D eigenvalue weighted by Gasteiger charge is -2.13. The van der Waals surface area contributed by atoms with Gasteiger partial charge in [-0.15, -0.1) is 12.4 Å². The van der Waals surface area contributed by atoms with Gasteiger partial charge in [0.25, 0.3) is 0 Å². The number of methoxy groups -OCH3 is 1. The van der Waals surface area contributed by atoms with Crippen molar-refractivity contribution in [1.29, 1.82) is 0 Å². The maximum Gasteiger partial charge on any atom is 0.161 e. The molecule has 0 saturated carbocycles. The summed E-state index contributed by atoms with van der Waals surface area (Å²) in [4.78, 5) is 4.05. The molecule has 26 heavy (non-hydrogen) atoms. The maximum atomic E-state index is 5.85. The van der Waals surface area contributed by atoms with E-state index in [2.05, 4.69) is 23.3 Å². The van der Waals surface area contributed by atoms with Crippen molar-refractivity contribution in [3.05, 3.63) is 52.8 Å². The average Bonchev–Trinajstić information content (AvgIpc) is 2.64. The summed E-state index contributed by atoms with van der Waals surface area (Å²) >= 11 is 5.79. The van der Waals surface area contributed by atoms with Crippen molar-refractivity contribution in [2.75, 3.05) is 13.7 Å². The van der Waals surface area contributed by atoms with Gasteiger partial charge in [-0.25, -0.2) is 4.98 Å². The van der Waals surface area contributed by atoms with Gasteiger partial charge in [0.1, 0.15) is 11.8 Å². The largest absolute Gasteiger partial charge is 0.493 e. The molecule has 0 aliphatic carbocycles. The van der Waals surface area contributed by atoms with E-state index in [1.54, 1.807) is 19.4 Å². The quantitative estimate of drug-likeness (QED) is 0.405. The van der Waals surface area contributed by atoms with E-state index in [1.165, 1.54) is 31.2 Å². The highest BCUT2D eigenvalue weighted by Crippen LogP contribution is 2.28. The van der Waals surface area contributed by atoms with Gasteiger partial charge in [-0.05, 0) is 36.7 Å². The first-order chi connectivity index (χ1) is 12.2. The monoisotopic (exact) mass is 398 g/mol. The summed E-state index contributed by atoms with van der Waals surface area (Å²) in [6.07, 6.45) is 6.81. The van der Waals surface area contributed by atoms with Crippen LogP contribution < -0.4 is 14.8 Å². The molecule has 0 aliphatic heterocycles. The van der Waals surface area contributed by atoms with E-state index in [-0.39, 0.29) is 12.4 Å². The van der Waals surface area contributed by atoms with Gasteiger partial charge in [0.05, 0.1) is 7.11 Å². The Labute approximate surface area is 167 Å². The van der Waals surface area contributed by atoms with E-state index < -0.39 is 0 Å². The van der Waals surface area contributed by atoms with E-state index >= 15 is 0 Å². The second-order valence-electron chi connectivity index (χ2n) is 6.00. The minimum atomic E-state index is 0. The highest BCUT2D eigenvalue weighted by Gasteiger charge is 2.06. The fourth-order valence-electron chi connectivity index (χ4n) is 2.50. The molecule has 0 radical (unpaired) electrons. The van der Waals surface area contributed by atoms with Crippen LogP contribution in [0.15, 0.2) is 36.5 Å². The maximum absolute atomic E-state index is 5.85. The Kier molecular flexibility index (Phi) is 11.1. The van der Waals surface area contributed by atoms with E-state index in [1.807, 2.05) is 18.2 Å². The zero-order chi connectivity index (χ0) is 17.9. The molecule has 144 valence electrons. The van der Waals surface area contributed by atoms with Crippen molar-refractivity contribution < 1.29 is 9.47 Å². The Morgan fingerprint density at radius 2 is 1.85 bits per heavy atom. The molecule has 0 aliphatic rings. The number of nitrogens with one attached hydrogen (secondary N) is 1. The van der Waals surface area contributed by atoms with Crippen LogP contribution in [0, 0.1) is 0 Å². The van der Waals surface area contributed by atoms with Crippen LogP contribution in [-0.4, -0.2) is 18.6 Å². The summed E-state index contributed by atoms with van der Waals surface area (Å²) in [6, 6.07) is 9.70. The van der Waals surface area contributed by atoms with Crippen molar-refractivity contribution in [3.8, 4) is 11.5 Å². The highest BCUT2D eigenvalue weighted by atomic mass is 35.5. The Morgan fingerprint density at radius 1 is 1.04 bits per heavy atom. The lowest BCUT2D eigenvalue weighted by atomic mass is 10.2. The average molecular weight is 399 g/mol. The zero-order valence-corrected chi connectivity index (χ0v) is 17.0. The molecule has 2 aromatic rings. The summed E-state index contributed by atoms with van der Waals surface area (Å²) in [5, 5.41) is 3.96. The van der Waals surface area contributed by atoms with Crippen molar-refractivity contribution in [1.82, 2.24) is 10.3 Å². The fraction of sp³-hybridized carbons (Fsp3) is 0.450. The van der Waals surface area contributed by atoms with E-state index in [9.17, 15) is 0 Å². The first kappa shape index (κ1) is 22.6. The third-order valence-corrected chi connectivity index (χ3v) is 4.17. The number of rotatable bonds is 11. The van der Waals surface area contributed by atoms with Crippen LogP contribution in [0.5, 0.6) is 11.5 Å². The Hall–Kier alpha value is -1.49. The lowest BCUT2D eigenvalue weighted by molar-refractivity contribution is 0.284. The van der Waals surface area contributed by atoms with Crippen molar-refractivity contribution >= 4 is 24.0 Å². The Morgan fingerprint density at radius 3 is 2.54 bits per heavy atom. The van der Waals surface area contributed by atoms with Crippen LogP contribution >= 0.6 is 24.0 Å². The highest BCUT2D eigenvalue weighted by molar-refractivity contribution is 6.29. The van der Waals surface area contributed by atoms with E-state index in [0.717, 1.165) is 30.2 Å². The smallest absolute Gasteiger partial charge is 0.161 e. The van der Waals surface area contributed by atoms with Crippen LogP contribution in [0.1, 0.15) is 43.7 Å². The molecule has 1 aromatic heterocycles. The molecule has 4 nitrogen and oxygen atoms in total. The number of aromatic nitrogens is 1. The van der Waals surface area contributed by atoms with Crippen molar-refractivity contribution in [2.24, 2.45) is 0 Å². The summed E-state index contributed by atoms with van der Waals surface area (Å²) in [5.41, 5.74) is 2.15. The summed E-state index contributed by atoms with van der Waals surface area (Å²) in [5.74, 6) is 1.47. The van der Waals surface area contributed by atoms with Crippen LogP contribution in [0.25, 0.3) is 0 Å². The van der Waals surface area contributed by atoms with Gasteiger partial charge in [-0.3, -0.25) is 0 Å². The molecule has 1 aromatic carbocycles. The van der Waals surface area contributed by atoms with E-state index in [0.29, 0.717) is 11.8 Å². The van der Waals surface area contributed by atoms with Crippen molar-refractivity contribution in [3.63, 3.8) is 0 Å². The number of hydrogen-bond acceptors (Lipinski definition) is 4. The molecule has 0 atom stereocenters. The van der Waals surface area contributed by atoms with Gasteiger partial charge in [0.15, 0.2) is 11.5 Å². The number of benzene rings is 1. The number of nitrogens with zero attached hydrogens (tertiary/aromatic N) is 1. The third kappa shape index (κ3) is 7.81. The molecule has 0 amide bonds. The number of pyridine rings is 1. The predicted molar refractivity (Wildman–Crippen MR) is 110 cm³/mol. The van der Waals surface area contributed by atoms with Crippen LogP contribution in [0.4, 0.5) is 0 Å². The predicted octanol–water partition coefficient (Wildman–Crippen LogP) is 5.41. The van der Waals surface area contributed by atoms with Crippen LogP contribution in [0.2, 0.25) is 5.15 Å². The van der Waals surface area contributed by atoms with Gasteiger partial charge in [-0.2, -0.15) is 0 Å². The molecule has 1 N–H and O–H groups in total. The minimum Gasteiger partial charge on any atom is -0.493 e. The number of unbranched alkanes of at least 4 members (excludes halogenated alkanes) is 3. The molecule has 0 saturated heterocycles. The second kappa shape index (κ2) is 12.8. The third-order valence-electron chi connectivity index (χ3n) is 3.95. The second-order valence-corrected chi connectivity index (χ2v) is 6.39. The normalized spacial score (nSPS) is 10.3. The first-order valence-corrected chi connectivity index (χ1v) is 9.21. The first-order valence-electron chi connectivity index (χ1n) is 8.83. The fourth-order valence-corrected chi connectivity index (χ4v) is 2.62. The van der Waals surface area contributed by atoms with Gasteiger partial charge < -0.3 is 14.8 Å². The molecule has 0 spiro atoms. The molecule has 0 bridgehead atoms. The zero-order valence-electron chi connectivity index (χ0n) is 15.5. The van der Waals surface area contributed by atoms with Gasteiger partial charge in [0.2, 0.25) is 0 Å².